The van der Waals surface area contributed by atoms with Crippen LogP contribution in [0.15, 0.2) is 36.4 Å². The molecule has 2 aromatic carbocycles. The molecule has 5 heteroatoms. The number of nitrogens with one attached hydrogen (secondary N) is 2. The maximum Gasteiger partial charge on any atom is 0.323 e. The Labute approximate surface area is 118 Å². The Morgan fingerprint density at radius 2 is 1.25 bits per heavy atom. The summed E-state index contributed by atoms with van der Waals surface area (Å²) in [6, 6.07) is 10.4. The van der Waals surface area contributed by atoms with E-state index in [0.29, 0.717) is 22.7 Å². The van der Waals surface area contributed by atoms with Crippen LogP contribution >= 0.6 is 0 Å². The molecule has 0 saturated heterocycles. The van der Waals surface area contributed by atoms with E-state index in [1.165, 1.54) is 0 Å². The molecule has 0 saturated carbocycles. The van der Waals surface area contributed by atoms with Gasteiger partial charge in [0.2, 0.25) is 0 Å². The van der Waals surface area contributed by atoms with E-state index in [0.717, 1.165) is 11.1 Å². The van der Waals surface area contributed by atoms with Gasteiger partial charge in [0.25, 0.3) is 0 Å². The number of anilines is 4. The monoisotopic (exact) mass is 270 g/mol. The SMILES string of the molecule is Cc1ccc(N)cc1NC(=O)Nc1cc(N)ccc1C. The predicted molar refractivity (Wildman–Crippen MR) is 83.8 cm³/mol. The number of nitrogens with two attached hydrogens (primary N) is 2. The van der Waals surface area contributed by atoms with E-state index < -0.39 is 0 Å². The van der Waals surface area contributed by atoms with Gasteiger partial charge in [0.1, 0.15) is 0 Å². The Bertz CT molecular complexity index is 597. The molecule has 0 spiro atoms. The Morgan fingerprint density at radius 3 is 1.65 bits per heavy atom. The number of hydrogen-bond donors (Lipinski definition) is 4. The highest BCUT2D eigenvalue weighted by molar-refractivity contribution is 6.01. The van der Waals surface area contributed by atoms with Crippen molar-refractivity contribution >= 4 is 28.8 Å². The van der Waals surface area contributed by atoms with Crippen molar-refractivity contribution in [2.75, 3.05) is 22.1 Å². The third-order valence-electron chi connectivity index (χ3n) is 3.02. The highest BCUT2D eigenvalue weighted by Crippen LogP contribution is 2.20. The van der Waals surface area contributed by atoms with Gasteiger partial charge in [0, 0.05) is 22.7 Å². The molecular formula is C15H18N4O. The highest BCUT2D eigenvalue weighted by atomic mass is 16.2. The number of benzene rings is 2. The summed E-state index contributed by atoms with van der Waals surface area (Å²) in [6.45, 7) is 3.81. The predicted octanol–water partition coefficient (Wildman–Crippen LogP) is 3.11. The lowest BCUT2D eigenvalue weighted by Gasteiger charge is -2.12. The second-order valence-electron chi connectivity index (χ2n) is 4.73. The van der Waals surface area contributed by atoms with Crippen molar-refractivity contribution in [3.63, 3.8) is 0 Å². The number of aryl methyl sites for hydroxylation is 2. The van der Waals surface area contributed by atoms with Crippen LogP contribution in [0.1, 0.15) is 11.1 Å². The van der Waals surface area contributed by atoms with Gasteiger partial charge in [-0.1, -0.05) is 12.1 Å². The van der Waals surface area contributed by atoms with E-state index >= 15 is 0 Å². The summed E-state index contributed by atoms with van der Waals surface area (Å²) < 4.78 is 0. The second-order valence-corrected chi connectivity index (χ2v) is 4.73. The number of urea groups is 1. The largest absolute Gasteiger partial charge is 0.399 e. The summed E-state index contributed by atoms with van der Waals surface area (Å²) in [5.74, 6) is 0. The van der Waals surface area contributed by atoms with Crippen molar-refractivity contribution in [3.05, 3.63) is 47.5 Å². The average molecular weight is 270 g/mol. The molecule has 0 bridgehead atoms. The molecule has 20 heavy (non-hydrogen) atoms. The van der Waals surface area contributed by atoms with Crippen molar-refractivity contribution in [2.45, 2.75) is 13.8 Å². The first kappa shape index (κ1) is 13.7. The van der Waals surface area contributed by atoms with E-state index in [9.17, 15) is 4.79 Å². The van der Waals surface area contributed by atoms with E-state index in [1.54, 1.807) is 24.3 Å². The Kier molecular flexibility index (Phi) is 3.79. The zero-order valence-corrected chi connectivity index (χ0v) is 11.5. The quantitative estimate of drug-likeness (QED) is 0.632. The van der Waals surface area contributed by atoms with Crippen LogP contribution < -0.4 is 22.1 Å². The highest BCUT2D eigenvalue weighted by Gasteiger charge is 2.07. The Hall–Kier alpha value is -2.69. The fourth-order valence-corrected chi connectivity index (χ4v) is 1.82. The van der Waals surface area contributed by atoms with Gasteiger partial charge in [-0.3, -0.25) is 0 Å². The van der Waals surface area contributed by atoms with Gasteiger partial charge in [-0.05, 0) is 49.2 Å². The third-order valence-corrected chi connectivity index (χ3v) is 3.02. The maximum absolute atomic E-state index is 12.0. The van der Waals surface area contributed by atoms with Crippen LogP contribution in [0.25, 0.3) is 0 Å². The summed E-state index contributed by atoms with van der Waals surface area (Å²) in [7, 11) is 0. The van der Waals surface area contributed by atoms with Crippen molar-refractivity contribution in [2.24, 2.45) is 0 Å². The molecule has 0 radical (unpaired) electrons. The van der Waals surface area contributed by atoms with Crippen LogP contribution in [0.4, 0.5) is 27.5 Å². The topological polar surface area (TPSA) is 93.2 Å². The van der Waals surface area contributed by atoms with Crippen molar-refractivity contribution in [1.82, 2.24) is 0 Å². The first-order chi connectivity index (χ1) is 9.45. The Morgan fingerprint density at radius 1 is 0.850 bits per heavy atom. The molecular weight excluding hydrogens is 252 g/mol. The first-order valence-corrected chi connectivity index (χ1v) is 6.26. The summed E-state index contributed by atoms with van der Waals surface area (Å²) in [6.07, 6.45) is 0. The van der Waals surface area contributed by atoms with Gasteiger partial charge < -0.3 is 22.1 Å². The number of amides is 2. The summed E-state index contributed by atoms with van der Waals surface area (Å²) in [4.78, 5) is 12.0. The Balaban J connectivity index is 2.13. The van der Waals surface area contributed by atoms with Gasteiger partial charge in [-0.2, -0.15) is 0 Å². The minimum Gasteiger partial charge on any atom is -0.399 e. The van der Waals surface area contributed by atoms with E-state index in [2.05, 4.69) is 10.6 Å². The summed E-state index contributed by atoms with van der Waals surface area (Å²) in [5.41, 5.74) is 15.9. The minimum absolute atomic E-state index is 0.326. The molecule has 0 aliphatic carbocycles. The van der Waals surface area contributed by atoms with Crippen LogP contribution in [0, 0.1) is 13.8 Å². The van der Waals surface area contributed by atoms with Gasteiger partial charge in [-0.25, -0.2) is 4.79 Å². The number of nitrogen functional groups attached to an aromatic ring is 2. The average Bonchev–Trinajstić information content (AvgIpc) is 2.38. The number of hydrogen-bond acceptors (Lipinski definition) is 3. The lowest BCUT2D eigenvalue weighted by atomic mass is 10.2. The number of carbonyl (C=O) groups excluding carboxylic acids is 1. The van der Waals surface area contributed by atoms with Crippen molar-refractivity contribution < 1.29 is 4.79 Å². The fraction of sp³-hybridized carbons (Fsp3) is 0.133. The standard InChI is InChI=1S/C15H18N4O/c1-9-3-5-11(16)7-13(9)18-15(20)19-14-8-12(17)6-4-10(14)2/h3-8H,16-17H2,1-2H3,(H2,18,19,20). The van der Waals surface area contributed by atoms with Crippen LogP contribution in [-0.4, -0.2) is 6.03 Å². The maximum atomic E-state index is 12.0. The lowest BCUT2D eigenvalue weighted by Crippen LogP contribution is -2.20. The first-order valence-electron chi connectivity index (χ1n) is 6.26. The molecule has 104 valence electrons. The molecule has 2 aromatic rings. The number of rotatable bonds is 2. The minimum atomic E-state index is -0.326. The molecule has 0 fully saturated rings. The molecule has 0 unspecified atom stereocenters. The number of carbonyl (C=O) groups is 1. The third kappa shape index (κ3) is 3.20. The van der Waals surface area contributed by atoms with Crippen LogP contribution in [0.5, 0.6) is 0 Å². The van der Waals surface area contributed by atoms with Crippen molar-refractivity contribution in [1.29, 1.82) is 0 Å². The normalized spacial score (nSPS) is 10.1. The van der Waals surface area contributed by atoms with Gasteiger partial charge in [0.05, 0.1) is 0 Å². The molecule has 6 N–H and O–H groups in total. The van der Waals surface area contributed by atoms with Crippen LogP contribution in [0.2, 0.25) is 0 Å². The summed E-state index contributed by atoms with van der Waals surface area (Å²) >= 11 is 0. The van der Waals surface area contributed by atoms with Crippen molar-refractivity contribution in [3.8, 4) is 0 Å². The zero-order chi connectivity index (χ0) is 14.7. The molecule has 0 atom stereocenters. The van der Waals surface area contributed by atoms with E-state index in [-0.39, 0.29) is 6.03 Å². The molecule has 0 heterocycles. The molecule has 5 nitrogen and oxygen atoms in total. The lowest BCUT2D eigenvalue weighted by molar-refractivity contribution is 0.262. The van der Waals surface area contributed by atoms with Crippen LogP contribution in [-0.2, 0) is 0 Å². The molecule has 0 aliphatic rings. The van der Waals surface area contributed by atoms with Crippen LogP contribution in [0.3, 0.4) is 0 Å². The van der Waals surface area contributed by atoms with E-state index in [4.69, 9.17) is 11.5 Å². The molecule has 0 aromatic heterocycles. The van der Waals surface area contributed by atoms with Gasteiger partial charge >= 0.3 is 6.03 Å². The zero-order valence-electron chi connectivity index (χ0n) is 11.5. The fourth-order valence-electron chi connectivity index (χ4n) is 1.82. The van der Waals surface area contributed by atoms with E-state index in [1.807, 2.05) is 26.0 Å². The molecule has 2 amide bonds. The molecule has 0 aliphatic heterocycles. The van der Waals surface area contributed by atoms with Gasteiger partial charge in [-0.15, -0.1) is 0 Å². The summed E-state index contributed by atoms with van der Waals surface area (Å²) in [5, 5.41) is 5.55. The second kappa shape index (κ2) is 5.52. The smallest absolute Gasteiger partial charge is 0.323 e. The molecule has 2 rings (SSSR count). The van der Waals surface area contributed by atoms with Gasteiger partial charge in [0.15, 0.2) is 0 Å².